The third-order valence-electron chi connectivity index (χ3n) is 5.35. The minimum Gasteiger partial charge on any atom is -0.490 e. The summed E-state index contributed by atoms with van der Waals surface area (Å²) in [4.78, 5) is 26.3. The lowest BCUT2D eigenvalue weighted by molar-refractivity contribution is -0.117. The van der Waals surface area contributed by atoms with Crippen LogP contribution in [0.2, 0.25) is 0 Å². The van der Waals surface area contributed by atoms with Crippen LogP contribution in [0.15, 0.2) is 48.5 Å². The first-order valence-electron chi connectivity index (χ1n) is 10.2. The molecule has 152 valence electrons. The van der Waals surface area contributed by atoms with Crippen molar-refractivity contribution < 1.29 is 19.1 Å². The summed E-state index contributed by atoms with van der Waals surface area (Å²) in [6.45, 7) is 2.42. The van der Waals surface area contributed by atoms with E-state index in [-0.39, 0.29) is 17.9 Å². The molecule has 6 nitrogen and oxygen atoms in total. The average molecular weight is 394 g/mol. The summed E-state index contributed by atoms with van der Waals surface area (Å²) in [6.07, 6.45) is 3.68. The minimum atomic E-state index is -0.174. The quantitative estimate of drug-likeness (QED) is 0.782. The topological polar surface area (TPSA) is 67.9 Å². The molecular weight excluding hydrogens is 368 g/mol. The number of rotatable bonds is 7. The van der Waals surface area contributed by atoms with Crippen molar-refractivity contribution in [1.82, 2.24) is 5.32 Å². The second-order valence-electron chi connectivity index (χ2n) is 7.44. The van der Waals surface area contributed by atoms with E-state index in [1.54, 1.807) is 6.07 Å². The fourth-order valence-corrected chi connectivity index (χ4v) is 3.73. The number of carbonyl (C=O) groups excluding carboxylic acids is 2. The van der Waals surface area contributed by atoms with Gasteiger partial charge in [-0.3, -0.25) is 9.59 Å². The van der Waals surface area contributed by atoms with Gasteiger partial charge in [0.05, 0.1) is 11.7 Å². The van der Waals surface area contributed by atoms with Gasteiger partial charge in [0, 0.05) is 31.8 Å². The molecule has 1 atom stereocenters. The number of hydrogen-bond donors (Lipinski definition) is 1. The highest BCUT2D eigenvalue weighted by molar-refractivity contribution is 5.97. The van der Waals surface area contributed by atoms with Gasteiger partial charge in [-0.1, -0.05) is 24.3 Å². The van der Waals surface area contributed by atoms with Crippen molar-refractivity contribution in [3.63, 3.8) is 0 Å². The Morgan fingerprint density at radius 3 is 2.69 bits per heavy atom. The lowest BCUT2D eigenvalue weighted by atomic mass is 10.1. The smallest absolute Gasteiger partial charge is 0.255 e. The Morgan fingerprint density at radius 1 is 1.14 bits per heavy atom. The zero-order valence-electron chi connectivity index (χ0n) is 16.4. The average Bonchev–Trinajstić information content (AvgIpc) is 3.43. The highest BCUT2D eigenvalue weighted by Crippen LogP contribution is 2.22. The van der Waals surface area contributed by atoms with Crippen LogP contribution in [0, 0.1) is 0 Å². The summed E-state index contributed by atoms with van der Waals surface area (Å²) < 4.78 is 11.4. The van der Waals surface area contributed by atoms with Gasteiger partial charge in [0.25, 0.3) is 5.91 Å². The van der Waals surface area contributed by atoms with E-state index in [1.165, 1.54) is 0 Å². The van der Waals surface area contributed by atoms with Crippen LogP contribution < -0.4 is 15.0 Å². The second kappa shape index (κ2) is 9.09. The predicted molar refractivity (Wildman–Crippen MR) is 110 cm³/mol. The molecule has 6 heteroatoms. The normalized spacial score (nSPS) is 18.8. The SMILES string of the molecule is O=C(NCc1ccc(N2CCCC2=O)cc1)c1ccccc1OCC1CCCO1. The Kier molecular flexibility index (Phi) is 6.10. The van der Waals surface area contributed by atoms with Crippen molar-refractivity contribution in [1.29, 1.82) is 0 Å². The van der Waals surface area contributed by atoms with Crippen LogP contribution in [0.5, 0.6) is 5.75 Å². The molecule has 1 N–H and O–H groups in total. The molecular formula is C23H26N2O4. The van der Waals surface area contributed by atoms with Crippen molar-refractivity contribution in [2.45, 2.75) is 38.3 Å². The Bertz CT molecular complexity index is 859. The number of nitrogens with zero attached hydrogens (tertiary/aromatic N) is 1. The third kappa shape index (κ3) is 4.77. The number of amides is 2. The van der Waals surface area contributed by atoms with Crippen LogP contribution in [0.1, 0.15) is 41.6 Å². The monoisotopic (exact) mass is 394 g/mol. The van der Waals surface area contributed by atoms with Crippen LogP contribution in [-0.2, 0) is 16.1 Å². The van der Waals surface area contributed by atoms with E-state index >= 15 is 0 Å². The van der Waals surface area contributed by atoms with Crippen molar-refractivity contribution in [2.75, 3.05) is 24.7 Å². The second-order valence-corrected chi connectivity index (χ2v) is 7.44. The number of para-hydroxylation sites is 1. The number of carbonyl (C=O) groups is 2. The summed E-state index contributed by atoms with van der Waals surface area (Å²) in [7, 11) is 0. The summed E-state index contributed by atoms with van der Waals surface area (Å²) in [5, 5.41) is 2.95. The zero-order valence-corrected chi connectivity index (χ0v) is 16.4. The molecule has 0 aliphatic carbocycles. The zero-order chi connectivity index (χ0) is 20.1. The van der Waals surface area contributed by atoms with Crippen LogP contribution >= 0.6 is 0 Å². The Labute approximate surface area is 170 Å². The van der Waals surface area contributed by atoms with Crippen LogP contribution in [0.3, 0.4) is 0 Å². The van der Waals surface area contributed by atoms with Gasteiger partial charge in [0.15, 0.2) is 0 Å². The van der Waals surface area contributed by atoms with Crippen molar-refractivity contribution >= 4 is 17.5 Å². The fraction of sp³-hybridized carbons (Fsp3) is 0.391. The molecule has 2 saturated heterocycles. The van der Waals surface area contributed by atoms with Gasteiger partial charge in [0.2, 0.25) is 5.91 Å². The maximum absolute atomic E-state index is 12.7. The summed E-state index contributed by atoms with van der Waals surface area (Å²) in [5.41, 5.74) is 2.41. The summed E-state index contributed by atoms with van der Waals surface area (Å²) in [6, 6.07) is 15.0. The highest BCUT2D eigenvalue weighted by atomic mass is 16.5. The van der Waals surface area contributed by atoms with Crippen molar-refractivity contribution in [2.24, 2.45) is 0 Å². The first kappa shape index (κ1) is 19.5. The lowest BCUT2D eigenvalue weighted by Crippen LogP contribution is -2.25. The molecule has 2 aliphatic rings. The molecule has 0 saturated carbocycles. The van der Waals surface area contributed by atoms with E-state index in [2.05, 4.69) is 5.32 Å². The van der Waals surface area contributed by atoms with Gasteiger partial charge < -0.3 is 19.7 Å². The van der Waals surface area contributed by atoms with Gasteiger partial charge >= 0.3 is 0 Å². The Hall–Kier alpha value is -2.86. The van der Waals surface area contributed by atoms with E-state index in [4.69, 9.17) is 9.47 Å². The molecule has 29 heavy (non-hydrogen) atoms. The minimum absolute atomic E-state index is 0.104. The van der Waals surface area contributed by atoms with Crippen LogP contribution in [0.4, 0.5) is 5.69 Å². The van der Waals surface area contributed by atoms with Crippen molar-refractivity contribution in [3.05, 3.63) is 59.7 Å². The number of benzene rings is 2. The van der Waals surface area contributed by atoms with Gasteiger partial charge in [-0.25, -0.2) is 0 Å². The Morgan fingerprint density at radius 2 is 1.97 bits per heavy atom. The molecule has 1 unspecified atom stereocenters. The molecule has 2 aliphatic heterocycles. The van der Waals surface area contributed by atoms with E-state index in [9.17, 15) is 9.59 Å². The number of nitrogens with one attached hydrogen (secondary N) is 1. The molecule has 2 aromatic carbocycles. The van der Waals surface area contributed by atoms with Gasteiger partial charge in [-0.2, -0.15) is 0 Å². The molecule has 0 spiro atoms. The highest BCUT2D eigenvalue weighted by Gasteiger charge is 2.21. The molecule has 0 aromatic heterocycles. The van der Waals surface area contributed by atoms with Gasteiger partial charge in [0.1, 0.15) is 12.4 Å². The molecule has 2 aromatic rings. The van der Waals surface area contributed by atoms with Gasteiger partial charge in [-0.05, 0) is 49.1 Å². The van der Waals surface area contributed by atoms with E-state index in [0.717, 1.165) is 43.7 Å². The molecule has 0 bridgehead atoms. The summed E-state index contributed by atoms with van der Waals surface area (Å²) in [5.74, 6) is 0.570. The van der Waals surface area contributed by atoms with Gasteiger partial charge in [-0.15, -0.1) is 0 Å². The molecule has 2 fully saturated rings. The third-order valence-corrected chi connectivity index (χ3v) is 5.35. The molecule has 0 radical (unpaired) electrons. The fourth-order valence-electron chi connectivity index (χ4n) is 3.73. The molecule has 2 heterocycles. The lowest BCUT2D eigenvalue weighted by Gasteiger charge is -2.16. The molecule has 2 amide bonds. The van der Waals surface area contributed by atoms with E-state index in [0.29, 0.717) is 30.9 Å². The Balaban J connectivity index is 1.34. The maximum atomic E-state index is 12.7. The maximum Gasteiger partial charge on any atom is 0.255 e. The first-order chi connectivity index (χ1) is 14.2. The number of hydrogen-bond acceptors (Lipinski definition) is 4. The summed E-state index contributed by atoms with van der Waals surface area (Å²) >= 11 is 0. The van der Waals surface area contributed by atoms with E-state index in [1.807, 2.05) is 47.4 Å². The predicted octanol–water partition coefficient (Wildman–Crippen LogP) is 3.30. The van der Waals surface area contributed by atoms with Crippen LogP contribution in [-0.4, -0.2) is 37.7 Å². The number of anilines is 1. The van der Waals surface area contributed by atoms with Crippen molar-refractivity contribution in [3.8, 4) is 5.75 Å². The largest absolute Gasteiger partial charge is 0.490 e. The standard InChI is InChI=1S/C23H26N2O4/c26-22-8-3-13-25(22)18-11-9-17(10-12-18)15-24-23(27)20-6-1-2-7-21(20)29-16-19-5-4-14-28-19/h1-2,6-7,9-12,19H,3-5,8,13-16H2,(H,24,27). The molecule has 4 rings (SSSR count). The first-order valence-corrected chi connectivity index (χ1v) is 10.2. The number of ether oxygens (including phenoxy) is 2. The van der Waals surface area contributed by atoms with E-state index < -0.39 is 0 Å². The van der Waals surface area contributed by atoms with Crippen LogP contribution in [0.25, 0.3) is 0 Å².